The zero-order valence-corrected chi connectivity index (χ0v) is 13.7. The van der Waals surface area contributed by atoms with Gasteiger partial charge in [-0.25, -0.2) is 9.48 Å². The summed E-state index contributed by atoms with van der Waals surface area (Å²) in [5.41, 5.74) is 7.16. The van der Waals surface area contributed by atoms with Gasteiger partial charge in [-0.15, -0.1) is 5.10 Å². The second kappa shape index (κ2) is 6.17. The van der Waals surface area contributed by atoms with Crippen LogP contribution in [-0.2, 0) is 4.74 Å². The maximum absolute atomic E-state index is 12.0. The lowest BCUT2D eigenvalue weighted by Crippen LogP contribution is -2.19. The first kappa shape index (κ1) is 15.4. The molecular weight excluding hydrogens is 336 g/mol. The number of hydrogen-bond donors (Lipinski definition) is 1. The lowest BCUT2D eigenvalue weighted by molar-refractivity contribution is 0.0602. The lowest BCUT2D eigenvalue weighted by Gasteiger charge is -2.14. The van der Waals surface area contributed by atoms with E-state index in [-0.39, 0.29) is 11.4 Å². The van der Waals surface area contributed by atoms with Gasteiger partial charge < -0.3 is 15.4 Å². The van der Waals surface area contributed by atoms with Crippen LogP contribution in [0.5, 0.6) is 0 Å². The number of hydrogen-bond acceptors (Lipinski definition) is 5. The van der Waals surface area contributed by atoms with Crippen molar-refractivity contribution in [3.63, 3.8) is 0 Å². The largest absolute Gasteiger partial charge is 0.465 e. The summed E-state index contributed by atoms with van der Waals surface area (Å²) >= 11 is 3.38. The Morgan fingerprint density at radius 3 is 2.57 bits per heavy atom. The molecule has 0 saturated heterocycles. The van der Waals surface area contributed by atoms with Crippen molar-refractivity contribution in [1.29, 1.82) is 0 Å². The summed E-state index contributed by atoms with van der Waals surface area (Å²) in [7, 11) is 3.18. The number of halogens is 1. The number of anilines is 2. The number of methoxy groups -OCH3 is 1. The average Bonchev–Trinajstić information content (AvgIpc) is 2.84. The van der Waals surface area contributed by atoms with Crippen LogP contribution < -0.4 is 10.6 Å². The number of nitrogens with two attached hydrogens (primary N) is 1. The molecule has 2 rings (SSSR count). The van der Waals surface area contributed by atoms with Crippen LogP contribution in [0.1, 0.15) is 17.3 Å². The molecule has 0 atom stereocenters. The molecule has 0 fully saturated rings. The third kappa shape index (κ3) is 2.87. The van der Waals surface area contributed by atoms with Crippen LogP contribution in [-0.4, -0.2) is 36.5 Å². The number of benzene rings is 1. The minimum absolute atomic E-state index is 0.263. The van der Waals surface area contributed by atoms with Crippen molar-refractivity contribution < 1.29 is 9.53 Å². The quantitative estimate of drug-likeness (QED) is 0.855. The van der Waals surface area contributed by atoms with Crippen molar-refractivity contribution in [2.45, 2.75) is 6.92 Å². The van der Waals surface area contributed by atoms with Crippen molar-refractivity contribution in [2.75, 3.05) is 31.3 Å². The first-order chi connectivity index (χ1) is 9.99. The lowest BCUT2D eigenvalue weighted by atomic mass is 10.2. The average molecular weight is 353 g/mol. The van der Waals surface area contributed by atoms with Crippen molar-refractivity contribution >= 4 is 33.5 Å². The van der Waals surface area contributed by atoms with E-state index in [1.807, 2.05) is 43.1 Å². The minimum Gasteiger partial charge on any atom is -0.465 e. The van der Waals surface area contributed by atoms with Gasteiger partial charge in [0.15, 0.2) is 5.82 Å². The summed E-state index contributed by atoms with van der Waals surface area (Å²) in [5.74, 6) is 0.274. The summed E-state index contributed by atoms with van der Waals surface area (Å²) in [6.07, 6.45) is 0. The molecule has 0 saturated carbocycles. The monoisotopic (exact) mass is 352 g/mol. The Labute approximate surface area is 131 Å². The van der Waals surface area contributed by atoms with E-state index in [4.69, 9.17) is 10.5 Å². The third-order valence-electron chi connectivity index (χ3n) is 3.20. The standard InChI is InChI=1S/C14H17BrN4O2/c1-4-18(2)13-11(14(20)21-3)12(16)19(17-13)10-7-5-9(15)6-8-10/h5-8H,4,16H2,1-3H3. The number of rotatable bonds is 4. The van der Waals surface area contributed by atoms with E-state index in [1.54, 1.807) is 4.68 Å². The van der Waals surface area contributed by atoms with E-state index in [0.29, 0.717) is 12.4 Å². The Morgan fingerprint density at radius 2 is 2.05 bits per heavy atom. The van der Waals surface area contributed by atoms with Gasteiger partial charge in [0, 0.05) is 18.1 Å². The highest BCUT2D eigenvalue weighted by molar-refractivity contribution is 9.10. The second-order valence-corrected chi connectivity index (χ2v) is 5.39. The molecule has 0 radical (unpaired) electrons. The number of carbonyl (C=O) groups excluding carboxylic acids is 1. The van der Waals surface area contributed by atoms with Crippen molar-refractivity contribution in [3.8, 4) is 5.69 Å². The number of esters is 1. The molecule has 0 aliphatic heterocycles. The number of ether oxygens (including phenoxy) is 1. The van der Waals surface area contributed by atoms with Crippen molar-refractivity contribution in [2.24, 2.45) is 0 Å². The van der Waals surface area contributed by atoms with Gasteiger partial charge in [-0.1, -0.05) is 15.9 Å². The molecule has 1 aromatic carbocycles. The molecule has 1 heterocycles. The van der Waals surface area contributed by atoms with Gasteiger partial charge in [-0.05, 0) is 31.2 Å². The van der Waals surface area contributed by atoms with E-state index in [2.05, 4.69) is 21.0 Å². The Hall–Kier alpha value is -2.02. The molecule has 0 amide bonds. The van der Waals surface area contributed by atoms with Crippen LogP contribution in [0.2, 0.25) is 0 Å². The molecule has 0 aliphatic carbocycles. The highest BCUT2D eigenvalue weighted by atomic mass is 79.9. The summed E-state index contributed by atoms with van der Waals surface area (Å²) in [6.45, 7) is 2.66. The molecule has 7 heteroatoms. The third-order valence-corrected chi connectivity index (χ3v) is 3.73. The molecule has 1 aromatic heterocycles. The van der Waals surface area contributed by atoms with Crippen LogP contribution in [0.15, 0.2) is 28.7 Å². The van der Waals surface area contributed by atoms with Crippen LogP contribution in [0, 0.1) is 0 Å². The predicted molar refractivity (Wildman–Crippen MR) is 86.0 cm³/mol. The molecule has 6 nitrogen and oxygen atoms in total. The molecule has 21 heavy (non-hydrogen) atoms. The number of nitrogen functional groups attached to an aromatic ring is 1. The maximum Gasteiger partial charge on any atom is 0.345 e. The molecule has 2 aromatic rings. The van der Waals surface area contributed by atoms with E-state index in [9.17, 15) is 4.79 Å². The molecule has 2 N–H and O–H groups in total. The highest BCUT2D eigenvalue weighted by Crippen LogP contribution is 2.28. The zero-order valence-electron chi connectivity index (χ0n) is 12.1. The molecule has 0 spiro atoms. The van der Waals surface area contributed by atoms with Crippen LogP contribution in [0.25, 0.3) is 5.69 Å². The predicted octanol–water partition coefficient (Wildman–Crippen LogP) is 2.46. The minimum atomic E-state index is -0.494. The molecule has 0 bridgehead atoms. The molecular formula is C14H17BrN4O2. The first-order valence-corrected chi connectivity index (χ1v) is 7.22. The van der Waals surface area contributed by atoms with Gasteiger partial charge >= 0.3 is 5.97 Å². The fourth-order valence-corrected chi connectivity index (χ4v) is 2.18. The van der Waals surface area contributed by atoms with E-state index in [0.717, 1.165) is 10.2 Å². The topological polar surface area (TPSA) is 73.4 Å². The Morgan fingerprint density at radius 1 is 1.43 bits per heavy atom. The van der Waals surface area contributed by atoms with Crippen molar-refractivity contribution in [3.05, 3.63) is 34.3 Å². The summed E-state index contributed by atoms with van der Waals surface area (Å²) in [6, 6.07) is 7.50. The molecule has 0 aliphatic rings. The van der Waals surface area contributed by atoms with Crippen molar-refractivity contribution in [1.82, 2.24) is 9.78 Å². The van der Waals surface area contributed by atoms with Gasteiger partial charge in [-0.2, -0.15) is 0 Å². The maximum atomic E-state index is 12.0. The number of nitrogens with zero attached hydrogens (tertiary/aromatic N) is 3. The van der Waals surface area contributed by atoms with Gasteiger partial charge in [-0.3, -0.25) is 0 Å². The molecule has 0 unspecified atom stereocenters. The second-order valence-electron chi connectivity index (χ2n) is 4.48. The fraction of sp³-hybridized carbons (Fsp3) is 0.286. The number of aromatic nitrogens is 2. The summed E-state index contributed by atoms with van der Waals surface area (Å²) in [5, 5.41) is 4.45. The summed E-state index contributed by atoms with van der Waals surface area (Å²) < 4.78 is 7.31. The normalized spacial score (nSPS) is 10.5. The van der Waals surface area contributed by atoms with E-state index >= 15 is 0 Å². The Bertz CT molecular complexity index is 652. The first-order valence-electron chi connectivity index (χ1n) is 6.43. The van der Waals surface area contributed by atoms with E-state index in [1.165, 1.54) is 7.11 Å². The SMILES string of the molecule is CCN(C)c1nn(-c2ccc(Br)cc2)c(N)c1C(=O)OC. The Kier molecular flexibility index (Phi) is 4.52. The van der Waals surface area contributed by atoms with Crippen LogP contribution >= 0.6 is 15.9 Å². The number of carbonyl (C=O) groups is 1. The fourth-order valence-electron chi connectivity index (χ4n) is 1.91. The van der Waals surface area contributed by atoms with Gasteiger partial charge in [0.1, 0.15) is 11.4 Å². The van der Waals surface area contributed by atoms with Gasteiger partial charge in [0.2, 0.25) is 0 Å². The van der Waals surface area contributed by atoms with Gasteiger partial charge in [0.25, 0.3) is 0 Å². The smallest absolute Gasteiger partial charge is 0.345 e. The Balaban J connectivity index is 2.60. The summed E-state index contributed by atoms with van der Waals surface area (Å²) in [4.78, 5) is 13.8. The highest BCUT2D eigenvalue weighted by Gasteiger charge is 2.25. The molecule has 112 valence electrons. The van der Waals surface area contributed by atoms with Crippen LogP contribution in [0.4, 0.5) is 11.6 Å². The van der Waals surface area contributed by atoms with E-state index < -0.39 is 5.97 Å². The van der Waals surface area contributed by atoms with Gasteiger partial charge in [0.05, 0.1) is 12.8 Å². The van der Waals surface area contributed by atoms with Crippen LogP contribution in [0.3, 0.4) is 0 Å². The zero-order chi connectivity index (χ0) is 15.6.